The molecule has 0 amide bonds. The largest absolute Gasteiger partial charge is 0.508 e. The Bertz CT molecular complexity index is 345. The third kappa shape index (κ3) is 5.54. The molecule has 0 saturated heterocycles. The van der Waals surface area contributed by atoms with E-state index >= 15 is 0 Å². The molecule has 1 aromatic rings. The molecule has 0 fully saturated rings. The average molecular weight is 250 g/mol. The van der Waals surface area contributed by atoms with Crippen LogP contribution in [-0.4, -0.2) is 10.2 Å². The van der Waals surface area contributed by atoms with Crippen LogP contribution in [0.1, 0.15) is 57.1 Å². The van der Waals surface area contributed by atoms with E-state index in [0.29, 0.717) is 5.56 Å². The van der Waals surface area contributed by atoms with Crippen LogP contribution in [0, 0.1) is 5.92 Å². The molecular formula is C16H26O2. The van der Waals surface area contributed by atoms with E-state index in [4.69, 9.17) is 5.11 Å². The zero-order chi connectivity index (χ0) is 13.4. The predicted molar refractivity (Wildman–Crippen MR) is 75.7 cm³/mol. The molecule has 0 bridgehead atoms. The van der Waals surface area contributed by atoms with E-state index in [-0.39, 0.29) is 12.4 Å². The van der Waals surface area contributed by atoms with Crippen LogP contribution in [0.25, 0.3) is 0 Å². The third-order valence-electron chi connectivity index (χ3n) is 3.31. The van der Waals surface area contributed by atoms with Crippen LogP contribution in [0.4, 0.5) is 0 Å². The molecule has 2 N–H and O–H groups in total. The summed E-state index contributed by atoms with van der Waals surface area (Å²) in [7, 11) is 0. The summed E-state index contributed by atoms with van der Waals surface area (Å²) in [5.74, 6) is 1.01. The lowest BCUT2D eigenvalue weighted by Gasteiger charge is -2.06. The van der Waals surface area contributed by atoms with Crippen LogP contribution in [0.15, 0.2) is 18.2 Å². The highest BCUT2D eigenvalue weighted by atomic mass is 16.3. The monoisotopic (exact) mass is 250 g/mol. The van der Waals surface area contributed by atoms with Crippen LogP contribution in [0.2, 0.25) is 0 Å². The van der Waals surface area contributed by atoms with Crippen molar-refractivity contribution in [3.8, 4) is 5.75 Å². The van der Waals surface area contributed by atoms with Crippen molar-refractivity contribution in [2.75, 3.05) is 0 Å². The summed E-state index contributed by atoms with van der Waals surface area (Å²) < 4.78 is 0. The highest BCUT2D eigenvalue weighted by molar-refractivity contribution is 5.35. The molecule has 2 nitrogen and oxygen atoms in total. The number of rotatable bonds is 8. The Hall–Kier alpha value is -1.02. The van der Waals surface area contributed by atoms with Crippen molar-refractivity contribution in [3.63, 3.8) is 0 Å². The lowest BCUT2D eigenvalue weighted by atomic mass is 10.0. The van der Waals surface area contributed by atoms with Crippen molar-refractivity contribution in [1.82, 2.24) is 0 Å². The van der Waals surface area contributed by atoms with Crippen molar-refractivity contribution in [3.05, 3.63) is 29.3 Å². The summed E-state index contributed by atoms with van der Waals surface area (Å²) in [5, 5.41) is 18.5. The van der Waals surface area contributed by atoms with Crippen molar-refractivity contribution < 1.29 is 10.2 Å². The first-order valence-corrected chi connectivity index (χ1v) is 7.05. The van der Waals surface area contributed by atoms with Crippen LogP contribution < -0.4 is 0 Å². The molecule has 0 radical (unpaired) electrons. The number of aryl methyl sites for hydroxylation is 1. The van der Waals surface area contributed by atoms with Gasteiger partial charge in [0, 0.05) is 5.56 Å². The summed E-state index contributed by atoms with van der Waals surface area (Å²) in [6.45, 7) is 4.45. The molecule has 0 unspecified atom stereocenters. The fourth-order valence-corrected chi connectivity index (χ4v) is 2.16. The number of benzene rings is 1. The number of phenols is 1. The summed E-state index contributed by atoms with van der Waals surface area (Å²) in [4.78, 5) is 0. The standard InChI is InChI=1S/C16H26O2/c1-13(2)7-5-3-4-6-8-14-9-10-16(18)15(11-14)12-17/h9-11,13,17-18H,3-8,12H2,1-2H3. The van der Waals surface area contributed by atoms with Gasteiger partial charge in [-0.25, -0.2) is 0 Å². The topological polar surface area (TPSA) is 40.5 Å². The second kappa shape index (κ2) is 8.15. The van der Waals surface area contributed by atoms with E-state index in [1.807, 2.05) is 12.1 Å². The first kappa shape index (κ1) is 15.0. The molecule has 0 spiro atoms. The van der Waals surface area contributed by atoms with E-state index in [1.165, 1.54) is 37.7 Å². The molecular weight excluding hydrogens is 224 g/mol. The zero-order valence-electron chi connectivity index (χ0n) is 11.7. The molecule has 0 saturated carbocycles. The first-order valence-electron chi connectivity index (χ1n) is 7.05. The van der Waals surface area contributed by atoms with Gasteiger partial charge in [-0.2, -0.15) is 0 Å². The van der Waals surface area contributed by atoms with E-state index < -0.39 is 0 Å². The van der Waals surface area contributed by atoms with E-state index in [9.17, 15) is 5.11 Å². The number of unbranched alkanes of at least 4 members (excludes halogenated alkanes) is 3. The van der Waals surface area contributed by atoms with Crippen LogP contribution in [-0.2, 0) is 13.0 Å². The number of aliphatic hydroxyl groups is 1. The van der Waals surface area contributed by atoms with E-state index in [2.05, 4.69) is 13.8 Å². The van der Waals surface area contributed by atoms with Crippen LogP contribution >= 0.6 is 0 Å². The van der Waals surface area contributed by atoms with Crippen LogP contribution in [0.5, 0.6) is 5.75 Å². The van der Waals surface area contributed by atoms with Crippen molar-refractivity contribution >= 4 is 0 Å². The average Bonchev–Trinajstić information content (AvgIpc) is 2.35. The summed E-state index contributed by atoms with van der Waals surface area (Å²) >= 11 is 0. The Balaban J connectivity index is 2.23. The number of aliphatic hydroxyl groups excluding tert-OH is 1. The molecule has 2 heteroatoms. The molecule has 0 aliphatic heterocycles. The molecule has 0 aromatic heterocycles. The van der Waals surface area contributed by atoms with Gasteiger partial charge >= 0.3 is 0 Å². The molecule has 1 aromatic carbocycles. The number of hydrogen-bond acceptors (Lipinski definition) is 2. The van der Waals surface area contributed by atoms with Gasteiger partial charge in [0.2, 0.25) is 0 Å². The van der Waals surface area contributed by atoms with Gasteiger partial charge in [0.15, 0.2) is 0 Å². The quantitative estimate of drug-likeness (QED) is 0.684. The fraction of sp³-hybridized carbons (Fsp3) is 0.625. The highest BCUT2D eigenvalue weighted by Crippen LogP contribution is 2.20. The maximum atomic E-state index is 9.47. The minimum Gasteiger partial charge on any atom is -0.508 e. The Morgan fingerprint density at radius 1 is 1.06 bits per heavy atom. The van der Waals surface area contributed by atoms with E-state index in [1.54, 1.807) is 6.07 Å². The highest BCUT2D eigenvalue weighted by Gasteiger charge is 2.01. The second-order valence-corrected chi connectivity index (χ2v) is 5.47. The third-order valence-corrected chi connectivity index (χ3v) is 3.31. The van der Waals surface area contributed by atoms with Gasteiger partial charge in [-0.15, -0.1) is 0 Å². The Morgan fingerprint density at radius 2 is 1.78 bits per heavy atom. The predicted octanol–water partition coefficient (Wildman–Crippen LogP) is 4.03. The zero-order valence-corrected chi connectivity index (χ0v) is 11.7. The Kier molecular flexibility index (Phi) is 6.81. The van der Waals surface area contributed by atoms with Crippen molar-refractivity contribution in [2.45, 2.75) is 59.0 Å². The number of hydrogen-bond donors (Lipinski definition) is 2. The van der Waals surface area contributed by atoms with Crippen LogP contribution in [0.3, 0.4) is 0 Å². The van der Waals surface area contributed by atoms with Gasteiger partial charge < -0.3 is 10.2 Å². The lowest BCUT2D eigenvalue weighted by molar-refractivity contribution is 0.275. The van der Waals surface area contributed by atoms with Gasteiger partial charge in [-0.3, -0.25) is 0 Å². The SMILES string of the molecule is CC(C)CCCCCCc1ccc(O)c(CO)c1. The Labute approximate surface area is 111 Å². The van der Waals surface area contributed by atoms with Gasteiger partial charge in [-0.05, 0) is 36.5 Å². The summed E-state index contributed by atoms with van der Waals surface area (Å²) in [6, 6.07) is 5.53. The lowest BCUT2D eigenvalue weighted by Crippen LogP contribution is -1.91. The minimum atomic E-state index is -0.0892. The molecule has 18 heavy (non-hydrogen) atoms. The van der Waals surface area contributed by atoms with Gasteiger partial charge in [0.05, 0.1) is 6.61 Å². The molecule has 102 valence electrons. The van der Waals surface area contributed by atoms with Crippen molar-refractivity contribution in [1.29, 1.82) is 0 Å². The molecule has 0 heterocycles. The van der Waals surface area contributed by atoms with Crippen molar-refractivity contribution in [2.24, 2.45) is 5.92 Å². The molecule has 0 aliphatic carbocycles. The van der Waals surface area contributed by atoms with Gasteiger partial charge in [0.25, 0.3) is 0 Å². The molecule has 0 aliphatic rings. The normalized spacial score (nSPS) is 11.1. The van der Waals surface area contributed by atoms with Gasteiger partial charge in [0.1, 0.15) is 5.75 Å². The molecule has 1 rings (SSSR count). The smallest absolute Gasteiger partial charge is 0.121 e. The number of aromatic hydroxyl groups is 1. The molecule has 0 atom stereocenters. The second-order valence-electron chi connectivity index (χ2n) is 5.47. The van der Waals surface area contributed by atoms with Gasteiger partial charge in [-0.1, -0.05) is 45.6 Å². The minimum absolute atomic E-state index is 0.0892. The summed E-state index contributed by atoms with van der Waals surface area (Å²) in [6.07, 6.45) is 7.46. The maximum Gasteiger partial charge on any atom is 0.121 e. The fourth-order valence-electron chi connectivity index (χ4n) is 2.16. The summed E-state index contributed by atoms with van der Waals surface area (Å²) in [5.41, 5.74) is 1.84. The Morgan fingerprint density at radius 3 is 2.44 bits per heavy atom. The maximum absolute atomic E-state index is 9.47. The van der Waals surface area contributed by atoms with E-state index in [0.717, 1.165) is 12.3 Å². The first-order chi connectivity index (χ1) is 8.63.